The Morgan fingerprint density at radius 2 is 1.15 bits per heavy atom. The van der Waals surface area contributed by atoms with Crippen molar-refractivity contribution in [1.82, 2.24) is 0 Å². The molecule has 0 saturated carbocycles. The van der Waals surface area contributed by atoms with Crippen LogP contribution in [0.5, 0.6) is 0 Å². The third-order valence-corrected chi connectivity index (χ3v) is 23.1. The van der Waals surface area contributed by atoms with Gasteiger partial charge >= 0.3 is 169 Å². The second-order valence-electron chi connectivity index (χ2n) is 9.53. The number of rotatable bonds is 6. The van der Waals surface area contributed by atoms with Crippen molar-refractivity contribution < 1.29 is 48.0 Å². The normalized spacial score (nSPS) is 34.4. The molecule has 0 spiro atoms. The molecule has 5 heteroatoms. The van der Waals surface area contributed by atoms with Gasteiger partial charge in [-0.2, -0.15) is 0 Å². The topological polar surface area (TPSA) is 0 Å². The summed E-state index contributed by atoms with van der Waals surface area (Å²) in [7, 11) is -2.05. The average Bonchev–Trinajstić information content (AvgIpc) is 3.03. The van der Waals surface area contributed by atoms with Gasteiger partial charge in [0.25, 0.3) is 0 Å². The van der Waals surface area contributed by atoms with E-state index in [1.807, 2.05) is 10.4 Å². The van der Waals surface area contributed by atoms with Crippen LogP contribution in [0, 0.1) is 0 Å². The maximum atomic E-state index is 2.77. The SMILES string of the molecule is CC[Si]1(C2=C[C](C)([Zr+2][C]3(C)C=CC([Si]4(CC)CCC4)=C3)C=C2)CCC1.[Cl-].[Cl-]. The van der Waals surface area contributed by atoms with Gasteiger partial charge in [-0.25, -0.2) is 0 Å². The number of halogens is 2. The van der Waals surface area contributed by atoms with E-state index in [4.69, 9.17) is 0 Å². The Kier molecular flexibility index (Phi) is 7.63. The molecule has 0 aromatic heterocycles. The summed E-state index contributed by atoms with van der Waals surface area (Å²) < 4.78 is 0.879. The van der Waals surface area contributed by atoms with Gasteiger partial charge in [0.05, 0.1) is 0 Å². The molecule has 4 rings (SSSR count). The molecular formula is C22H34Cl2Si2Zr. The molecule has 0 nitrogen and oxygen atoms in total. The predicted molar refractivity (Wildman–Crippen MR) is 112 cm³/mol. The van der Waals surface area contributed by atoms with Crippen molar-refractivity contribution in [2.75, 3.05) is 0 Å². The second-order valence-corrected chi connectivity index (χ2v) is 25.1. The van der Waals surface area contributed by atoms with Crippen molar-refractivity contribution >= 4 is 16.1 Å². The van der Waals surface area contributed by atoms with Gasteiger partial charge in [-0.05, 0) is 0 Å². The van der Waals surface area contributed by atoms with E-state index in [1.54, 1.807) is 24.2 Å². The zero-order chi connectivity index (χ0) is 17.8. The molecule has 0 amide bonds. The van der Waals surface area contributed by atoms with E-state index in [0.29, 0.717) is 6.25 Å². The van der Waals surface area contributed by atoms with E-state index in [2.05, 4.69) is 64.2 Å². The zero-order valence-corrected chi connectivity index (χ0v) is 23.3. The third kappa shape index (κ3) is 4.20. The molecule has 27 heavy (non-hydrogen) atoms. The smallest absolute Gasteiger partial charge is 1.00 e. The van der Waals surface area contributed by atoms with Crippen LogP contribution in [0.4, 0.5) is 0 Å². The van der Waals surface area contributed by atoms with Crippen LogP contribution < -0.4 is 24.8 Å². The molecule has 2 heterocycles. The Morgan fingerprint density at radius 1 is 0.778 bits per heavy atom. The molecule has 0 N–H and O–H groups in total. The van der Waals surface area contributed by atoms with Crippen LogP contribution in [0.2, 0.25) is 42.5 Å². The first-order valence-electron chi connectivity index (χ1n) is 10.5. The van der Waals surface area contributed by atoms with Gasteiger partial charge < -0.3 is 24.8 Å². The molecule has 2 aliphatic carbocycles. The number of hydrogen-bond donors (Lipinski definition) is 0. The maximum absolute atomic E-state index is 2.77. The first-order chi connectivity index (χ1) is 11.9. The van der Waals surface area contributed by atoms with Gasteiger partial charge in [-0.1, -0.05) is 0 Å². The Balaban J connectivity index is 0.00000131. The molecule has 0 aromatic rings. The molecule has 0 bridgehead atoms. The second kappa shape index (κ2) is 8.54. The first-order valence-corrected chi connectivity index (χ1v) is 18.2. The van der Waals surface area contributed by atoms with E-state index in [-0.39, 0.29) is 24.8 Å². The van der Waals surface area contributed by atoms with Crippen LogP contribution in [0.25, 0.3) is 0 Å². The minimum absolute atomic E-state index is 0. The molecule has 2 aliphatic heterocycles. The van der Waals surface area contributed by atoms with Crippen molar-refractivity contribution in [3.63, 3.8) is 0 Å². The monoisotopic (exact) mass is 514 g/mol. The van der Waals surface area contributed by atoms with Gasteiger partial charge in [0, 0.05) is 0 Å². The van der Waals surface area contributed by atoms with Crippen LogP contribution >= 0.6 is 0 Å². The van der Waals surface area contributed by atoms with Gasteiger partial charge in [0.2, 0.25) is 0 Å². The third-order valence-electron chi connectivity index (χ3n) is 7.87. The fourth-order valence-corrected chi connectivity index (χ4v) is 19.0. The number of hydrogen-bond acceptors (Lipinski definition) is 0. The fraction of sp³-hybridized carbons (Fsp3) is 0.636. The van der Waals surface area contributed by atoms with Crippen molar-refractivity contribution in [2.24, 2.45) is 0 Å². The molecule has 4 aliphatic rings. The fourth-order valence-electron chi connectivity index (χ4n) is 5.66. The summed E-state index contributed by atoms with van der Waals surface area (Å²) >= 11 is -0.614. The maximum Gasteiger partial charge on any atom is -1.00 e. The predicted octanol–water partition coefficient (Wildman–Crippen LogP) is 1.25. The summed E-state index contributed by atoms with van der Waals surface area (Å²) in [5.74, 6) is 0. The Hall–Kier alpha value is 0.857. The standard InChI is InChI=1S/2C11H17Si.2ClH.Zr/c2*1-3-12(7-4-8-12)11-6-5-10(2)9-11;;;/h2*5-6,9H,3-4,7-8H2,1-2H3;2*1H;/q;;;;+2/p-2. The largest absolute Gasteiger partial charge is 1.00 e. The summed E-state index contributed by atoms with van der Waals surface area (Å²) in [5.41, 5.74) is 0. The van der Waals surface area contributed by atoms with Gasteiger partial charge in [0.15, 0.2) is 0 Å². The van der Waals surface area contributed by atoms with Gasteiger partial charge in [0.1, 0.15) is 0 Å². The van der Waals surface area contributed by atoms with Crippen LogP contribution in [-0.4, -0.2) is 16.1 Å². The summed E-state index contributed by atoms with van der Waals surface area (Å²) in [6, 6.07) is 9.19. The minimum Gasteiger partial charge on any atom is -1.00 e. The Labute approximate surface area is 192 Å². The van der Waals surface area contributed by atoms with Crippen molar-refractivity contribution in [3.8, 4) is 0 Å². The van der Waals surface area contributed by atoms with E-state index in [1.165, 1.54) is 24.9 Å². The first kappa shape index (κ1) is 24.1. The molecular weight excluding hydrogens is 483 g/mol. The number of allylic oxidation sites excluding steroid dienone is 8. The summed E-state index contributed by atoms with van der Waals surface area (Å²) in [6.07, 6.45) is 18.9. The molecule has 0 aromatic carbocycles. The zero-order valence-electron chi connectivity index (χ0n) is 17.4. The van der Waals surface area contributed by atoms with Gasteiger partial charge in [-0.3, -0.25) is 0 Å². The van der Waals surface area contributed by atoms with E-state index in [9.17, 15) is 0 Å². The van der Waals surface area contributed by atoms with E-state index in [0.717, 1.165) is 0 Å². The Morgan fingerprint density at radius 3 is 1.41 bits per heavy atom. The molecule has 2 saturated heterocycles. The molecule has 2 fully saturated rings. The summed E-state index contributed by atoms with van der Waals surface area (Å²) in [4.78, 5) is 0. The molecule has 148 valence electrons. The van der Waals surface area contributed by atoms with Crippen LogP contribution in [0.15, 0.2) is 46.8 Å². The van der Waals surface area contributed by atoms with Crippen molar-refractivity contribution in [2.45, 2.75) is 83.0 Å². The molecule has 2 unspecified atom stereocenters. The van der Waals surface area contributed by atoms with Gasteiger partial charge in [-0.15, -0.1) is 0 Å². The van der Waals surface area contributed by atoms with Crippen LogP contribution in [-0.2, 0) is 23.2 Å². The average molecular weight is 517 g/mol. The van der Waals surface area contributed by atoms with Crippen LogP contribution in [0.3, 0.4) is 0 Å². The molecule has 0 radical (unpaired) electrons. The van der Waals surface area contributed by atoms with Crippen LogP contribution in [0.1, 0.15) is 40.5 Å². The minimum atomic E-state index is -1.02. The van der Waals surface area contributed by atoms with E-state index < -0.39 is 39.4 Å². The quantitative estimate of drug-likeness (QED) is 0.467. The molecule has 2 atom stereocenters. The van der Waals surface area contributed by atoms with Crippen molar-refractivity contribution in [1.29, 1.82) is 0 Å². The Bertz CT molecular complexity index is 619. The summed E-state index contributed by atoms with van der Waals surface area (Å²) in [5, 5.41) is 3.66. The van der Waals surface area contributed by atoms with Crippen molar-refractivity contribution in [3.05, 3.63) is 46.8 Å². The van der Waals surface area contributed by atoms with E-state index >= 15 is 0 Å². The summed E-state index contributed by atoms with van der Waals surface area (Å²) in [6.45, 7) is 10.0.